The molecule has 1 nitrogen and oxygen atoms in total. The molecule has 0 atom stereocenters. The fourth-order valence-electron chi connectivity index (χ4n) is 1.21. The van der Waals surface area contributed by atoms with E-state index in [1.165, 1.54) is 0 Å². The van der Waals surface area contributed by atoms with Gasteiger partial charge in [0.15, 0.2) is 0 Å². The molecule has 0 fully saturated rings. The summed E-state index contributed by atoms with van der Waals surface area (Å²) in [4.78, 5) is 0. The van der Waals surface area contributed by atoms with Crippen molar-refractivity contribution in [1.29, 1.82) is 0 Å². The molecule has 2 aromatic carbocycles. The van der Waals surface area contributed by atoms with Gasteiger partial charge in [-0.1, -0.05) is 43.0 Å². The van der Waals surface area contributed by atoms with Crippen molar-refractivity contribution in [3.63, 3.8) is 0 Å². The lowest BCUT2D eigenvalue weighted by atomic mass is 10.3. The molecule has 0 aliphatic heterocycles. The largest absolute Gasteiger partial charge is 0.356 e. The Kier molecular flexibility index (Phi) is 6.68. The lowest BCUT2D eigenvalue weighted by molar-refractivity contribution is 1.55. The first-order valence-corrected chi connectivity index (χ1v) is 6.66. The highest BCUT2D eigenvalue weighted by Gasteiger charge is 1.89. The minimum absolute atomic E-state index is 1.12. The van der Waals surface area contributed by atoms with E-state index in [-0.39, 0.29) is 0 Å². The van der Waals surface area contributed by atoms with Crippen molar-refractivity contribution in [2.75, 3.05) is 11.6 Å². The highest BCUT2D eigenvalue weighted by molar-refractivity contribution is 8.01. The van der Waals surface area contributed by atoms with Crippen LogP contribution in [0.4, 0.5) is 11.4 Å². The van der Waals surface area contributed by atoms with Crippen molar-refractivity contribution < 1.29 is 0 Å². The summed E-state index contributed by atoms with van der Waals surface area (Å²) >= 11 is 1.62. The molecule has 0 aliphatic carbocycles. The van der Waals surface area contributed by atoms with Crippen LogP contribution in [0.15, 0.2) is 72.7 Å². The Hall–Kier alpha value is -1.67. The molecule has 2 aromatic rings. The third-order valence-corrected chi connectivity index (χ3v) is 2.34. The van der Waals surface area contributed by atoms with Gasteiger partial charge >= 0.3 is 0 Å². The Balaban J connectivity index is 0.000000317. The van der Waals surface area contributed by atoms with Gasteiger partial charge in [0.05, 0.1) is 0 Å². The summed E-state index contributed by atoms with van der Waals surface area (Å²) in [7, 11) is 0. The first kappa shape index (κ1) is 13.4. The Bertz CT molecular complexity index is 374. The van der Waals surface area contributed by atoms with Crippen LogP contribution in [-0.4, -0.2) is 6.26 Å². The summed E-state index contributed by atoms with van der Waals surface area (Å²) in [5.74, 6) is 0. The standard InChI is InChI=1S/C12H11N.C3H6S/c1-3-7-11(8-4-1)13-12-9-5-2-6-10-12;1-3-4-2/h1-10,13H;3H,1H2,2H3. The van der Waals surface area contributed by atoms with Gasteiger partial charge in [0, 0.05) is 11.4 Å². The van der Waals surface area contributed by atoms with Crippen molar-refractivity contribution in [3.05, 3.63) is 72.7 Å². The van der Waals surface area contributed by atoms with E-state index in [1.54, 1.807) is 17.2 Å². The van der Waals surface area contributed by atoms with E-state index in [2.05, 4.69) is 11.9 Å². The summed E-state index contributed by atoms with van der Waals surface area (Å²) in [6, 6.07) is 20.3. The van der Waals surface area contributed by atoms with Gasteiger partial charge in [0.2, 0.25) is 0 Å². The Morgan fingerprint density at radius 3 is 1.53 bits per heavy atom. The molecule has 2 rings (SSSR count). The maximum Gasteiger partial charge on any atom is 0.0384 e. The minimum Gasteiger partial charge on any atom is -0.356 e. The van der Waals surface area contributed by atoms with Crippen LogP contribution in [0, 0.1) is 0 Å². The zero-order valence-corrected chi connectivity index (χ0v) is 10.8. The van der Waals surface area contributed by atoms with E-state index in [9.17, 15) is 0 Å². The molecule has 0 amide bonds. The molecule has 0 aromatic heterocycles. The van der Waals surface area contributed by atoms with E-state index >= 15 is 0 Å². The van der Waals surface area contributed by atoms with E-state index in [0.29, 0.717) is 0 Å². The van der Waals surface area contributed by atoms with Gasteiger partial charge in [-0.3, -0.25) is 0 Å². The molecule has 0 spiro atoms. The first-order valence-electron chi connectivity index (χ1n) is 5.37. The minimum atomic E-state index is 1.12. The van der Waals surface area contributed by atoms with Crippen LogP contribution in [0.1, 0.15) is 0 Å². The number of benzene rings is 2. The molecule has 0 saturated carbocycles. The molecule has 1 N–H and O–H groups in total. The van der Waals surface area contributed by atoms with E-state index < -0.39 is 0 Å². The van der Waals surface area contributed by atoms with Crippen LogP contribution >= 0.6 is 11.8 Å². The average molecular weight is 243 g/mol. The van der Waals surface area contributed by atoms with Gasteiger partial charge < -0.3 is 5.32 Å². The fourth-order valence-corrected chi connectivity index (χ4v) is 1.21. The molecular formula is C15H17NS. The predicted molar refractivity (Wildman–Crippen MR) is 79.9 cm³/mol. The van der Waals surface area contributed by atoms with E-state index in [0.717, 1.165) is 11.4 Å². The number of thioether (sulfide) groups is 1. The second-order valence-electron chi connectivity index (χ2n) is 3.26. The van der Waals surface area contributed by atoms with E-state index in [1.807, 2.05) is 66.9 Å². The monoisotopic (exact) mass is 243 g/mol. The van der Waals surface area contributed by atoms with Gasteiger partial charge in [-0.25, -0.2) is 0 Å². The summed E-state index contributed by atoms with van der Waals surface area (Å²) in [5, 5.41) is 5.10. The molecule has 0 radical (unpaired) electrons. The topological polar surface area (TPSA) is 12.0 Å². The van der Waals surface area contributed by atoms with Crippen molar-refractivity contribution in [2.45, 2.75) is 0 Å². The second kappa shape index (κ2) is 8.48. The lowest BCUT2D eigenvalue weighted by Gasteiger charge is -2.04. The number of rotatable bonds is 3. The summed E-state index contributed by atoms with van der Waals surface area (Å²) in [6.07, 6.45) is 1.98. The molecule has 0 unspecified atom stereocenters. The molecule has 2 heteroatoms. The van der Waals surface area contributed by atoms with Gasteiger partial charge in [-0.15, -0.1) is 11.8 Å². The molecule has 0 saturated heterocycles. The van der Waals surface area contributed by atoms with Gasteiger partial charge in [-0.05, 0) is 35.9 Å². The van der Waals surface area contributed by atoms with Crippen molar-refractivity contribution in [3.8, 4) is 0 Å². The third kappa shape index (κ3) is 5.83. The van der Waals surface area contributed by atoms with Crippen LogP contribution < -0.4 is 5.32 Å². The molecule has 0 bridgehead atoms. The van der Waals surface area contributed by atoms with Crippen LogP contribution in [0.25, 0.3) is 0 Å². The molecule has 0 heterocycles. The number of para-hydroxylation sites is 2. The van der Waals surface area contributed by atoms with E-state index in [4.69, 9.17) is 0 Å². The highest BCUT2D eigenvalue weighted by Crippen LogP contribution is 2.14. The maximum atomic E-state index is 3.44. The number of hydrogen-bond donors (Lipinski definition) is 1. The molecule has 88 valence electrons. The lowest BCUT2D eigenvalue weighted by Crippen LogP contribution is -1.87. The summed E-state index contributed by atoms with van der Waals surface area (Å²) in [5.41, 5.74) is 2.24. The molecule has 17 heavy (non-hydrogen) atoms. The van der Waals surface area contributed by atoms with Crippen molar-refractivity contribution >= 4 is 23.1 Å². The van der Waals surface area contributed by atoms with Gasteiger partial charge in [0.25, 0.3) is 0 Å². The smallest absolute Gasteiger partial charge is 0.0384 e. The van der Waals surface area contributed by atoms with Crippen LogP contribution in [-0.2, 0) is 0 Å². The normalized spacial score (nSPS) is 8.76. The second-order valence-corrected chi connectivity index (χ2v) is 4.06. The zero-order valence-electron chi connectivity index (χ0n) is 9.97. The van der Waals surface area contributed by atoms with Gasteiger partial charge in [0.1, 0.15) is 0 Å². The maximum absolute atomic E-state index is 3.44. The Morgan fingerprint density at radius 2 is 1.24 bits per heavy atom. The third-order valence-electron chi connectivity index (χ3n) is 2.00. The average Bonchev–Trinajstić information content (AvgIpc) is 2.41. The number of anilines is 2. The number of nitrogens with one attached hydrogen (secondary N) is 1. The van der Waals surface area contributed by atoms with Crippen LogP contribution in [0.2, 0.25) is 0 Å². The van der Waals surface area contributed by atoms with Crippen LogP contribution in [0.3, 0.4) is 0 Å². The molecule has 0 aliphatic rings. The van der Waals surface area contributed by atoms with Crippen LogP contribution in [0.5, 0.6) is 0 Å². The Morgan fingerprint density at radius 1 is 0.882 bits per heavy atom. The fraction of sp³-hybridized carbons (Fsp3) is 0.0667. The first-order chi connectivity index (χ1) is 8.36. The zero-order chi connectivity index (χ0) is 12.3. The predicted octanol–water partition coefficient (Wildman–Crippen LogP) is 4.92. The Labute approximate surface area is 108 Å². The summed E-state index contributed by atoms with van der Waals surface area (Å²) in [6.45, 7) is 3.44. The SMILES string of the molecule is C=CSC.c1ccc(Nc2ccccc2)cc1. The van der Waals surface area contributed by atoms with Crippen molar-refractivity contribution in [1.82, 2.24) is 0 Å². The summed E-state index contributed by atoms with van der Waals surface area (Å²) < 4.78 is 0. The molecular weight excluding hydrogens is 226 g/mol. The number of hydrogen-bond acceptors (Lipinski definition) is 2. The van der Waals surface area contributed by atoms with Crippen molar-refractivity contribution in [2.24, 2.45) is 0 Å². The van der Waals surface area contributed by atoms with Gasteiger partial charge in [-0.2, -0.15) is 0 Å². The highest BCUT2D eigenvalue weighted by atomic mass is 32.2. The quantitative estimate of drug-likeness (QED) is 0.821.